The second kappa shape index (κ2) is 5.21. The van der Waals surface area contributed by atoms with Crippen LogP contribution >= 0.6 is 0 Å². The smallest absolute Gasteiger partial charge is 0.0126 e. The van der Waals surface area contributed by atoms with Gasteiger partial charge in [-0.2, -0.15) is 0 Å². The monoisotopic (exact) mass is 153 g/mol. The molecular formula is C10H19N. The summed E-state index contributed by atoms with van der Waals surface area (Å²) < 4.78 is 0. The maximum atomic E-state index is 5.22. The third-order valence-corrected chi connectivity index (χ3v) is 1.89. The Kier molecular flexibility index (Phi) is 4.98. The Labute approximate surface area is 70.6 Å². The standard InChI is InChI=1S/C10H19N/c1-6-7-9(4)10(5)11-8(2)3/h1,8-11H,7H2,2-5H3. The second-order valence-corrected chi connectivity index (χ2v) is 3.50. The Morgan fingerprint density at radius 1 is 1.27 bits per heavy atom. The van der Waals surface area contributed by atoms with Gasteiger partial charge in [0.05, 0.1) is 0 Å². The predicted molar refractivity (Wildman–Crippen MR) is 50.3 cm³/mol. The van der Waals surface area contributed by atoms with Crippen molar-refractivity contribution in [3.05, 3.63) is 0 Å². The zero-order valence-electron chi connectivity index (χ0n) is 8.02. The highest BCUT2D eigenvalue weighted by atomic mass is 14.9. The molecule has 11 heavy (non-hydrogen) atoms. The molecule has 0 aromatic rings. The van der Waals surface area contributed by atoms with Crippen molar-refractivity contribution >= 4 is 0 Å². The van der Waals surface area contributed by atoms with Crippen molar-refractivity contribution in [3.63, 3.8) is 0 Å². The van der Waals surface area contributed by atoms with Crippen molar-refractivity contribution < 1.29 is 0 Å². The van der Waals surface area contributed by atoms with Crippen LogP contribution < -0.4 is 5.32 Å². The van der Waals surface area contributed by atoms with Crippen molar-refractivity contribution in [2.45, 2.75) is 46.2 Å². The van der Waals surface area contributed by atoms with Crippen LogP contribution in [0.2, 0.25) is 0 Å². The minimum atomic E-state index is 0.519. The van der Waals surface area contributed by atoms with Crippen molar-refractivity contribution in [2.24, 2.45) is 5.92 Å². The largest absolute Gasteiger partial charge is 0.312 e. The summed E-state index contributed by atoms with van der Waals surface area (Å²) in [6, 6.07) is 1.07. The summed E-state index contributed by atoms with van der Waals surface area (Å²) in [5.74, 6) is 3.25. The third kappa shape index (κ3) is 4.86. The van der Waals surface area contributed by atoms with Crippen LogP contribution in [0.4, 0.5) is 0 Å². The molecule has 0 amide bonds. The van der Waals surface area contributed by atoms with E-state index in [1.165, 1.54) is 0 Å². The highest BCUT2D eigenvalue weighted by Gasteiger charge is 2.10. The molecule has 1 N–H and O–H groups in total. The minimum Gasteiger partial charge on any atom is -0.312 e. The molecule has 0 aromatic carbocycles. The summed E-state index contributed by atoms with van der Waals surface area (Å²) in [4.78, 5) is 0. The van der Waals surface area contributed by atoms with E-state index in [1.807, 2.05) is 0 Å². The van der Waals surface area contributed by atoms with E-state index in [9.17, 15) is 0 Å². The first kappa shape index (κ1) is 10.5. The number of terminal acetylenes is 1. The summed E-state index contributed by atoms with van der Waals surface area (Å²) in [5.41, 5.74) is 0. The molecule has 0 aliphatic rings. The molecule has 1 heteroatoms. The molecule has 0 heterocycles. The van der Waals surface area contributed by atoms with E-state index in [2.05, 4.69) is 38.9 Å². The van der Waals surface area contributed by atoms with Crippen LogP contribution in [0.5, 0.6) is 0 Å². The molecule has 1 nitrogen and oxygen atoms in total. The molecule has 0 saturated carbocycles. The highest BCUT2D eigenvalue weighted by Crippen LogP contribution is 2.06. The van der Waals surface area contributed by atoms with E-state index >= 15 is 0 Å². The first-order chi connectivity index (χ1) is 5.07. The fourth-order valence-electron chi connectivity index (χ4n) is 1.05. The molecule has 0 aliphatic heterocycles. The van der Waals surface area contributed by atoms with Crippen LogP contribution in [0.1, 0.15) is 34.1 Å². The Hall–Kier alpha value is -0.480. The van der Waals surface area contributed by atoms with Gasteiger partial charge < -0.3 is 5.32 Å². The molecule has 2 unspecified atom stereocenters. The van der Waals surface area contributed by atoms with Gasteiger partial charge in [0.2, 0.25) is 0 Å². The molecule has 0 aromatic heterocycles. The first-order valence-electron chi connectivity index (χ1n) is 4.27. The average molecular weight is 153 g/mol. The van der Waals surface area contributed by atoms with Crippen LogP contribution in [-0.4, -0.2) is 12.1 Å². The van der Waals surface area contributed by atoms with E-state index in [0.29, 0.717) is 18.0 Å². The number of nitrogens with one attached hydrogen (secondary N) is 1. The van der Waals surface area contributed by atoms with Gasteiger partial charge in [-0.1, -0.05) is 20.8 Å². The normalized spacial score (nSPS) is 16.0. The van der Waals surface area contributed by atoms with E-state index < -0.39 is 0 Å². The van der Waals surface area contributed by atoms with Crippen LogP contribution in [0.15, 0.2) is 0 Å². The molecule has 0 aliphatic carbocycles. The van der Waals surface area contributed by atoms with E-state index in [0.717, 1.165) is 6.42 Å². The summed E-state index contributed by atoms with van der Waals surface area (Å²) in [6.45, 7) is 8.67. The molecule has 0 fully saturated rings. The summed E-state index contributed by atoms with van der Waals surface area (Å²) >= 11 is 0. The van der Waals surface area contributed by atoms with Crippen LogP contribution in [0.25, 0.3) is 0 Å². The summed E-state index contributed by atoms with van der Waals surface area (Å²) in [7, 11) is 0. The van der Waals surface area contributed by atoms with Crippen molar-refractivity contribution in [1.82, 2.24) is 5.32 Å². The fourth-order valence-corrected chi connectivity index (χ4v) is 1.05. The Bertz CT molecular complexity index is 132. The number of rotatable bonds is 4. The van der Waals surface area contributed by atoms with Gasteiger partial charge in [0, 0.05) is 18.5 Å². The van der Waals surface area contributed by atoms with Gasteiger partial charge in [0.15, 0.2) is 0 Å². The van der Waals surface area contributed by atoms with E-state index in [1.54, 1.807) is 0 Å². The van der Waals surface area contributed by atoms with E-state index in [-0.39, 0.29) is 0 Å². The van der Waals surface area contributed by atoms with Gasteiger partial charge in [-0.3, -0.25) is 0 Å². The van der Waals surface area contributed by atoms with Gasteiger partial charge in [0.25, 0.3) is 0 Å². The zero-order valence-corrected chi connectivity index (χ0v) is 8.02. The lowest BCUT2D eigenvalue weighted by Crippen LogP contribution is -2.36. The van der Waals surface area contributed by atoms with Gasteiger partial charge in [-0.15, -0.1) is 12.3 Å². The quantitative estimate of drug-likeness (QED) is 0.609. The lowest BCUT2D eigenvalue weighted by atomic mass is 10.00. The van der Waals surface area contributed by atoms with Crippen molar-refractivity contribution in [3.8, 4) is 12.3 Å². The second-order valence-electron chi connectivity index (χ2n) is 3.50. The molecule has 0 spiro atoms. The Morgan fingerprint density at radius 3 is 2.18 bits per heavy atom. The predicted octanol–water partition coefficient (Wildman–Crippen LogP) is 2.03. The van der Waals surface area contributed by atoms with E-state index in [4.69, 9.17) is 6.42 Å². The van der Waals surface area contributed by atoms with Crippen molar-refractivity contribution in [1.29, 1.82) is 0 Å². The van der Waals surface area contributed by atoms with Crippen LogP contribution in [0.3, 0.4) is 0 Å². The minimum absolute atomic E-state index is 0.519. The summed E-state index contributed by atoms with van der Waals surface area (Å²) in [5, 5.41) is 3.43. The molecule has 64 valence electrons. The average Bonchev–Trinajstić information content (AvgIpc) is 1.86. The van der Waals surface area contributed by atoms with Gasteiger partial charge >= 0.3 is 0 Å². The van der Waals surface area contributed by atoms with Crippen LogP contribution in [-0.2, 0) is 0 Å². The molecule has 0 bridgehead atoms. The Balaban J connectivity index is 3.65. The first-order valence-corrected chi connectivity index (χ1v) is 4.27. The number of hydrogen-bond acceptors (Lipinski definition) is 1. The fraction of sp³-hybridized carbons (Fsp3) is 0.800. The van der Waals surface area contributed by atoms with Crippen LogP contribution in [0, 0.1) is 18.3 Å². The van der Waals surface area contributed by atoms with Gasteiger partial charge in [-0.25, -0.2) is 0 Å². The maximum absolute atomic E-state index is 5.22. The topological polar surface area (TPSA) is 12.0 Å². The molecule has 0 rings (SSSR count). The molecule has 2 atom stereocenters. The SMILES string of the molecule is C#CCC(C)C(C)NC(C)C. The highest BCUT2D eigenvalue weighted by molar-refractivity contribution is 4.88. The summed E-state index contributed by atoms with van der Waals surface area (Å²) in [6.07, 6.45) is 6.08. The van der Waals surface area contributed by atoms with Gasteiger partial charge in [0.1, 0.15) is 0 Å². The van der Waals surface area contributed by atoms with Crippen molar-refractivity contribution in [2.75, 3.05) is 0 Å². The third-order valence-electron chi connectivity index (χ3n) is 1.89. The lowest BCUT2D eigenvalue weighted by Gasteiger charge is -2.21. The molecule has 0 radical (unpaired) electrons. The zero-order chi connectivity index (χ0) is 8.85. The lowest BCUT2D eigenvalue weighted by molar-refractivity contribution is 0.379. The van der Waals surface area contributed by atoms with Gasteiger partial charge in [-0.05, 0) is 12.8 Å². The molecular weight excluding hydrogens is 134 g/mol. The maximum Gasteiger partial charge on any atom is 0.0126 e. The molecule has 0 saturated heterocycles. The Morgan fingerprint density at radius 2 is 1.82 bits per heavy atom. The number of hydrogen-bond donors (Lipinski definition) is 1.